The number of anilines is 1. The molecule has 0 aliphatic heterocycles. The zero-order chi connectivity index (χ0) is 22.6. The number of hydrogen-bond acceptors (Lipinski definition) is 4. The van der Waals surface area contributed by atoms with E-state index in [-0.39, 0.29) is 22.6 Å². The molecule has 3 N–H and O–H groups in total. The molecule has 0 heterocycles. The molecule has 1 unspecified atom stereocenters. The quantitative estimate of drug-likeness (QED) is 0.564. The van der Waals surface area contributed by atoms with Crippen LogP contribution >= 0.6 is 0 Å². The first-order valence-corrected chi connectivity index (χ1v) is 12.8. The number of benzene rings is 1. The Labute approximate surface area is 185 Å². The van der Waals surface area contributed by atoms with Gasteiger partial charge in [0.2, 0.25) is 21.8 Å². The summed E-state index contributed by atoms with van der Waals surface area (Å²) in [5.41, 5.74) is -0.0782. The molecule has 2 amide bonds. The standard InChI is InChI=1S/C23H35N3O4S/c1-23(2,3)26-31(29,30)19-13-11-18(12-14-19)24-22(28)20(15-16-9-10-16)25-21(27)17-7-5-4-6-8-17/h11-14,16-17,20,26H,4-10,15H2,1-3H3,(H,24,28)(H,25,27). The van der Waals surface area contributed by atoms with Gasteiger partial charge in [0.25, 0.3) is 0 Å². The monoisotopic (exact) mass is 449 g/mol. The van der Waals surface area contributed by atoms with Crippen LogP contribution in [0.3, 0.4) is 0 Å². The molecule has 31 heavy (non-hydrogen) atoms. The van der Waals surface area contributed by atoms with E-state index < -0.39 is 21.6 Å². The zero-order valence-corrected chi connectivity index (χ0v) is 19.6. The highest BCUT2D eigenvalue weighted by molar-refractivity contribution is 7.89. The van der Waals surface area contributed by atoms with Crippen LogP contribution in [0.2, 0.25) is 0 Å². The first kappa shape index (κ1) is 23.7. The molecule has 0 saturated heterocycles. The predicted octanol–water partition coefficient (Wildman–Crippen LogP) is 3.57. The van der Waals surface area contributed by atoms with Crippen LogP contribution in [-0.4, -0.2) is 31.8 Å². The number of amides is 2. The Morgan fingerprint density at radius 2 is 1.61 bits per heavy atom. The molecule has 8 heteroatoms. The molecule has 0 aromatic heterocycles. The maximum absolute atomic E-state index is 12.9. The molecule has 2 fully saturated rings. The fourth-order valence-corrected chi connectivity index (χ4v) is 5.40. The van der Waals surface area contributed by atoms with Crippen LogP contribution in [-0.2, 0) is 19.6 Å². The van der Waals surface area contributed by atoms with Crippen LogP contribution in [0, 0.1) is 11.8 Å². The molecule has 1 aromatic carbocycles. The van der Waals surface area contributed by atoms with E-state index in [0.717, 1.165) is 38.5 Å². The van der Waals surface area contributed by atoms with Gasteiger partial charge in [-0.1, -0.05) is 32.1 Å². The van der Waals surface area contributed by atoms with Gasteiger partial charge in [0, 0.05) is 17.1 Å². The molecule has 0 spiro atoms. The number of sulfonamides is 1. The number of hydrogen-bond donors (Lipinski definition) is 3. The number of nitrogens with one attached hydrogen (secondary N) is 3. The molecule has 2 saturated carbocycles. The van der Waals surface area contributed by atoms with Gasteiger partial charge in [-0.2, -0.15) is 0 Å². The van der Waals surface area contributed by atoms with Crippen LogP contribution in [0.15, 0.2) is 29.2 Å². The molecule has 1 atom stereocenters. The minimum Gasteiger partial charge on any atom is -0.344 e. The fourth-order valence-electron chi connectivity index (χ4n) is 3.98. The van der Waals surface area contributed by atoms with Crippen LogP contribution < -0.4 is 15.4 Å². The summed E-state index contributed by atoms with van der Waals surface area (Å²) in [4.78, 5) is 25.7. The van der Waals surface area contributed by atoms with Gasteiger partial charge in [0.15, 0.2) is 0 Å². The average Bonchev–Trinajstić information content (AvgIpc) is 3.51. The maximum Gasteiger partial charge on any atom is 0.246 e. The smallest absolute Gasteiger partial charge is 0.246 e. The molecular weight excluding hydrogens is 414 g/mol. The van der Waals surface area contributed by atoms with Crippen LogP contribution in [0.5, 0.6) is 0 Å². The lowest BCUT2D eigenvalue weighted by Crippen LogP contribution is -2.46. The van der Waals surface area contributed by atoms with Crippen molar-refractivity contribution in [1.29, 1.82) is 0 Å². The maximum atomic E-state index is 12.9. The number of carbonyl (C=O) groups is 2. The van der Waals surface area contributed by atoms with E-state index >= 15 is 0 Å². The second-order valence-electron chi connectivity index (χ2n) is 9.94. The highest BCUT2D eigenvalue weighted by Gasteiger charge is 2.32. The summed E-state index contributed by atoms with van der Waals surface area (Å²) in [7, 11) is -3.64. The van der Waals surface area contributed by atoms with Crippen molar-refractivity contribution in [3.8, 4) is 0 Å². The third kappa shape index (κ3) is 7.31. The zero-order valence-electron chi connectivity index (χ0n) is 18.7. The normalized spacial score (nSPS) is 18.9. The molecular formula is C23H35N3O4S. The van der Waals surface area contributed by atoms with Crippen molar-refractivity contribution in [2.45, 2.75) is 88.6 Å². The summed E-state index contributed by atoms with van der Waals surface area (Å²) in [5.74, 6) is 0.219. The summed E-state index contributed by atoms with van der Waals surface area (Å²) in [6, 6.07) is 5.53. The molecule has 3 rings (SSSR count). The summed E-state index contributed by atoms with van der Waals surface area (Å²) < 4.78 is 27.5. The lowest BCUT2D eigenvalue weighted by molar-refractivity contribution is -0.130. The number of carbonyl (C=O) groups excluding carboxylic acids is 2. The van der Waals surface area contributed by atoms with Crippen molar-refractivity contribution in [2.24, 2.45) is 11.8 Å². The Kier molecular flexibility index (Phi) is 7.42. The molecule has 1 aromatic rings. The van der Waals surface area contributed by atoms with E-state index in [1.165, 1.54) is 18.6 Å². The fraction of sp³-hybridized carbons (Fsp3) is 0.652. The SMILES string of the molecule is CC(C)(C)NS(=O)(=O)c1ccc(NC(=O)C(CC2CC2)NC(=O)C2CCCCC2)cc1. The van der Waals surface area contributed by atoms with Gasteiger partial charge in [-0.05, 0) is 70.2 Å². The minimum atomic E-state index is -3.64. The number of rotatable bonds is 8. The lowest BCUT2D eigenvalue weighted by atomic mass is 9.88. The van der Waals surface area contributed by atoms with Crippen LogP contribution in [0.4, 0.5) is 5.69 Å². The van der Waals surface area contributed by atoms with Crippen molar-refractivity contribution in [3.63, 3.8) is 0 Å². The van der Waals surface area contributed by atoms with Gasteiger partial charge in [0.1, 0.15) is 6.04 Å². The average molecular weight is 450 g/mol. The Hall–Kier alpha value is -1.93. The van der Waals surface area contributed by atoms with E-state index in [9.17, 15) is 18.0 Å². The Morgan fingerprint density at radius 3 is 2.16 bits per heavy atom. The molecule has 7 nitrogen and oxygen atoms in total. The van der Waals surface area contributed by atoms with Crippen LogP contribution in [0.25, 0.3) is 0 Å². The van der Waals surface area contributed by atoms with E-state index in [2.05, 4.69) is 15.4 Å². The van der Waals surface area contributed by atoms with Gasteiger partial charge in [-0.3, -0.25) is 9.59 Å². The summed E-state index contributed by atoms with van der Waals surface area (Å²) in [5, 5.41) is 5.82. The van der Waals surface area contributed by atoms with Gasteiger partial charge in [-0.25, -0.2) is 13.1 Å². The third-order valence-electron chi connectivity index (χ3n) is 5.75. The third-order valence-corrected chi connectivity index (χ3v) is 7.52. The Morgan fingerprint density at radius 1 is 1.00 bits per heavy atom. The van der Waals surface area contributed by atoms with Crippen LogP contribution in [0.1, 0.15) is 72.1 Å². The molecule has 2 aliphatic carbocycles. The summed E-state index contributed by atoms with van der Waals surface area (Å²) in [6.07, 6.45) is 7.92. The van der Waals surface area contributed by atoms with Crippen molar-refractivity contribution < 1.29 is 18.0 Å². The second kappa shape index (κ2) is 9.69. The van der Waals surface area contributed by atoms with Crippen molar-refractivity contribution in [3.05, 3.63) is 24.3 Å². The van der Waals surface area contributed by atoms with Gasteiger partial charge in [0.05, 0.1) is 4.90 Å². The van der Waals surface area contributed by atoms with Crippen molar-refractivity contribution in [1.82, 2.24) is 10.0 Å². The molecule has 172 valence electrons. The van der Waals surface area contributed by atoms with E-state index in [1.54, 1.807) is 32.9 Å². The van der Waals surface area contributed by atoms with Gasteiger partial charge < -0.3 is 10.6 Å². The molecule has 0 radical (unpaired) electrons. The van der Waals surface area contributed by atoms with E-state index in [0.29, 0.717) is 18.0 Å². The van der Waals surface area contributed by atoms with E-state index in [1.807, 2.05) is 0 Å². The first-order valence-electron chi connectivity index (χ1n) is 11.3. The van der Waals surface area contributed by atoms with Gasteiger partial charge >= 0.3 is 0 Å². The summed E-state index contributed by atoms with van der Waals surface area (Å²) >= 11 is 0. The lowest BCUT2D eigenvalue weighted by Gasteiger charge is -2.24. The minimum absolute atomic E-state index is 0.00283. The largest absolute Gasteiger partial charge is 0.344 e. The van der Waals surface area contributed by atoms with E-state index in [4.69, 9.17) is 0 Å². The highest BCUT2D eigenvalue weighted by Crippen LogP contribution is 2.34. The van der Waals surface area contributed by atoms with Gasteiger partial charge in [-0.15, -0.1) is 0 Å². The first-order chi connectivity index (χ1) is 14.5. The molecule has 0 bridgehead atoms. The summed E-state index contributed by atoms with van der Waals surface area (Å²) in [6.45, 7) is 5.34. The predicted molar refractivity (Wildman–Crippen MR) is 121 cm³/mol. The van der Waals surface area contributed by atoms with Crippen molar-refractivity contribution >= 4 is 27.5 Å². The second-order valence-corrected chi connectivity index (χ2v) is 11.6. The molecule has 2 aliphatic rings. The van der Waals surface area contributed by atoms with Crippen molar-refractivity contribution in [2.75, 3.05) is 5.32 Å². The highest BCUT2D eigenvalue weighted by atomic mass is 32.2. The Bertz CT molecular complexity index is 880. The Balaban J connectivity index is 1.63. The topological polar surface area (TPSA) is 104 Å².